The first-order chi connectivity index (χ1) is 4.86. The first kappa shape index (κ1) is 5.10. The third-order valence-electron chi connectivity index (χ3n) is 1.05. The molecule has 2 aliphatic rings. The van der Waals surface area contributed by atoms with Gasteiger partial charge in [0.25, 0.3) is 0 Å². The minimum atomic E-state index is 0.0785. The Morgan fingerprint density at radius 1 is 1.20 bits per heavy atom. The van der Waals surface area contributed by atoms with Gasteiger partial charge in [-0.1, -0.05) is 0 Å². The maximum absolute atomic E-state index is 7.05. The fourth-order valence-corrected chi connectivity index (χ4v) is 0.633. The molecule has 0 aromatic heterocycles. The molecule has 0 aromatic rings. The number of rotatable bonds is 0. The van der Waals surface area contributed by atoms with Crippen molar-refractivity contribution < 1.29 is 0 Å². The second-order valence-electron chi connectivity index (χ2n) is 1.73. The van der Waals surface area contributed by atoms with Crippen LogP contribution >= 0.6 is 0 Å². The van der Waals surface area contributed by atoms with Crippen LogP contribution in [0.2, 0.25) is 0 Å². The van der Waals surface area contributed by atoms with E-state index in [2.05, 4.69) is 25.7 Å². The van der Waals surface area contributed by atoms with Gasteiger partial charge in [0.1, 0.15) is 5.70 Å². The number of nitrogens with zero attached hydrogens (tertiary/aromatic N) is 5. The molecule has 48 valence electrons. The molecule has 6 nitrogen and oxygen atoms in total. The van der Waals surface area contributed by atoms with Crippen molar-refractivity contribution in [1.29, 1.82) is 5.41 Å². The summed E-state index contributed by atoms with van der Waals surface area (Å²) in [6, 6.07) is 0. The molecule has 0 spiro atoms. The Kier molecular flexibility index (Phi) is 0.830. The van der Waals surface area contributed by atoms with Crippen molar-refractivity contribution in [2.24, 2.45) is 25.7 Å². The van der Waals surface area contributed by atoms with Gasteiger partial charge in [0.15, 0.2) is 5.84 Å². The van der Waals surface area contributed by atoms with Crippen molar-refractivity contribution in [3.05, 3.63) is 11.8 Å². The first-order valence-corrected chi connectivity index (χ1v) is 2.57. The predicted molar refractivity (Wildman–Crippen MR) is 33.0 cm³/mol. The minimum Gasteiger partial charge on any atom is -0.281 e. The highest BCUT2D eigenvalue weighted by molar-refractivity contribution is 6.08. The number of azo groups is 1. The molecule has 0 fully saturated rings. The predicted octanol–water partition coefficient (Wildman–Crippen LogP) is 1.09. The van der Waals surface area contributed by atoms with Crippen LogP contribution in [0.4, 0.5) is 0 Å². The lowest BCUT2D eigenvalue weighted by Crippen LogP contribution is -2.01. The largest absolute Gasteiger partial charge is 0.281 e. The molecule has 2 aliphatic heterocycles. The highest BCUT2D eigenvalue weighted by Crippen LogP contribution is 2.14. The zero-order valence-corrected chi connectivity index (χ0v) is 4.81. The molecular weight excluding hydrogens is 132 g/mol. The lowest BCUT2D eigenvalue weighted by molar-refractivity contribution is 1.10. The molecule has 0 radical (unpaired) electrons. The lowest BCUT2D eigenvalue weighted by atomic mass is 10.3. The first-order valence-electron chi connectivity index (χ1n) is 2.57. The van der Waals surface area contributed by atoms with Gasteiger partial charge >= 0.3 is 0 Å². The summed E-state index contributed by atoms with van der Waals surface area (Å²) in [4.78, 5) is 0. The third kappa shape index (κ3) is 0.586. The quantitative estimate of drug-likeness (QED) is 0.514. The molecule has 6 heteroatoms. The van der Waals surface area contributed by atoms with Crippen LogP contribution < -0.4 is 0 Å². The topological polar surface area (TPSA) is 85.6 Å². The average Bonchev–Trinajstić information content (AvgIpc) is 2.33. The second-order valence-corrected chi connectivity index (χ2v) is 1.73. The van der Waals surface area contributed by atoms with E-state index in [4.69, 9.17) is 5.41 Å². The Bertz CT molecular complexity index is 306. The van der Waals surface area contributed by atoms with E-state index < -0.39 is 0 Å². The Balaban J connectivity index is 2.51. The van der Waals surface area contributed by atoms with E-state index in [0.717, 1.165) is 0 Å². The van der Waals surface area contributed by atoms with Crippen LogP contribution in [-0.4, -0.2) is 11.7 Å². The van der Waals surface area contributed by atoms with Crippen LogP contribution in [0.1, 0.15) is 0 Å². The van der Waals surface area contributed by atoms with Gasteiger partial charge in [0.2, 0.25) is 5.84 Å². The van der Waals surface area contributed by atoms with E-state index in [1.165, 1.54) is 6.08 Å². The number of hydrogen-bond acceptors (Lipinski definition) is 5. The zero-order chi connectivity index (χ0) is 6.97. The molecule has 2 rings (SSSR count). The number of hydrogen-bond donors (Lipinski definition) is 1. The zero-order valence-electron chi connectivity index (χ0n) is 4.81. The van der Waals surface area contributed by atoms with E-state index in [-0.39, 0.29) is 5.84 Å². The van der Waals surface area contributed by atoms with E-state index in [0.29, 0.717) is 11.5 Å². The summed E-state index contributed by atoms with van der Waals surface area (Å²) < 4.78 is 0. The Labute approximate surface area is 55.6 Å². The standard InChI is InChI=1S/C4H2N6/c5-3-1-2-4(8-7-3)9-10-6-2/h1,5H. The van der Waals surface area contributed by atoms with Crippen molar-refractivity contribution in [3.8, 4) is 0 Å². The number of fused-ring (bicyclic) bond motifs is 1. The summed E-state index contributed by atoms with van der Waals surface area (Å²) in [5.41, 5.74) is 0.514. The monoisotopic (exact) mass is 134 g/mol. The van der Waals surface area contributed by atoms with Gasteiger partial charge in [0.05, 0.1) is 0 Å². The molecule has 0 saturated carbocycles. The van der Waals surface area contributed by atoms with E-state index in [1.807, 2.05) is 0 Å². The fourth-order valence-electron chi connectivity index (χ4n) is 0.633. The van der Waals surface area contributed by atoms with Crippen molar-refractivity contribution in [3.63, 3.8) is 0 Å². The Morgan fingerprint density at radius 3 is 3.00 bits per heavy atom. The summed E-state index contributed by atoms with van der Waals surface area (Å²) in [5.74, 6) is 0.464. The fraction of sp³-hybridized carbons (Fsp3) is 0. The molecule has 1 N–H and O–H groups in total. The average molecular weight is 134 g/mol. The molecule has 0 bridgehead atoms. The van der Waals surface area contributed by atoms with Crippen LogP contribution in [0.15, 0.2) is 37.4 Å². The SMILES string of the molecule is N=C1C=C2N=NN=C2N=N1. The van der Waals surface area contributed by atoms with Crippen molar-refractivity contribution in [2.75, 3.05) is 0 Å². The van der Waals surface area contributed by atoms with Crippen LogP contribution in [0, 0.1) is 5.41 Å². The molecule has 0 amide bonds. The molecule has 0 unspecified atom stereocenters. The maximum atomic E-state index is 7.05. The summed E-state index contributed by atoms with van der Waals surface area (Å²) >= 11 is 0. The van der Waals surface area contributed by atoms with Gasteiger partial charge in [-0.3, -0.25) is 5.41 Å². The molecular formula is C4H2N6. The van der Waals surface area contributed by atoms with E-state index in [9.17, 15) is 0 Å². The highest BCUT2D eigenvalue weighted by Gasteiger charge is 2.15. The molecule has 0 aliphatic carbocycles. The lowest BCUT2D eigenvalue weighted by Gasteiger charge is -1.95. The van der Waals surface area contributed by atoms with E-state index in [1.54, 1.807) is 0 Å². The van der Waals surface area contributed by atoms with Crippen LogP contribution in [0.5, 0.6) is 0 Å². The maximum Gasteiger partial charge on any atom is 0.225 e. The van der Waals surface area contributed by atoms with Gasteiger partial charge in [-0.2, -0.15) is 0 Å². The third-order valence-corrected chi connectivity index (χ3v) is 1.05. The summed E-state index contributed by atoms with van der Waals surface area (Å²) in [6.07, 6.45) is 1.46. The molecule has 2 heterocycles. The highest BCUT2D eigenvalue weighted by atomic mass is 15.4. The number of nitrogens with one attached hydrogen (secondary N) is 1. The van der Waals surface area contributed by atoms with Gasteiger partial charge in [0, 0.05) is 6.08 Å². The van der Waals surface area contributed by atoms with E-state index >= 15 is 0 Å². The van der Waals surface area contributed by atoms with Crippen molar-refractivity contribution in [1.82, 2.24) is 0 Å². The van der Waals surface area contributed by atoms with Gasteiger partial charge in [-0.05, 0) is 5.22 Å². The van der Waals surface area contributed by atoms with Crippen LogP contribution in [0.3, 0.4) is 0 Å². The minimum absolute atomic E-state index is 0.0785. The van der Waals surface area contributed by atoms with Crippen molar-refractivity contribution in [2.45, 2.75) is 0 Å². The molecule has 0 atom stereocenters. The number of amidine groups is 2. The second kappa shape index (κ2) is 1.63. The normalized spacial score (nSPS) is 20.6. The molecule has 10 heavy (non-hydrogen) atoms. The Morgan fingerprint density at radius 2 is 2.10 bits per heavy atom. The summed E-state index contributed by atoms with van der Waals surface area (Å²) in [5, 5.41) is 24.6. The van der Waals surface area contributed by atoms with Gasteiger partial charge < -0.3 is 0 Å². The molecule has 0 saturated heterocycles. The summed E-state index contributed by atoms with van der Waals surface area (Å²) in [6.45, 7) is 0. The van der Waals surface area contributed by atoms with Crippen LogP contribution in [-0.2, 0) is 0 Å². The summed E-state index contributed by atoms with van der Waals surface area (Å²) in [7, 11) is 0. The van der Waals surface area contributed by atoms with Crippen LogP contribution in [0.25, 0.3) is 0 Å². The van der Waals surface area contributed by atoms with Crippen molar-refractivity contribution >= 4 is 11.7 Å². The smallest absolute Gasteiger partial charge is 0.225 e. The Hall–Kier alpha value is -1.72. The van der Waals surface area contributed by atoms with Gasteiger partial charge in [-0.25, -0.2) is 0 Å². The molecule has 0 aromatic carbocycles. The van der Waals surface area contributed by atoms with Gasteiger partial charge in [-0.15, -0.1) is 20.4 Å².